The van der Waals surface area contributed by atoms with E-state index < -0.39 is 0 Å². The first kappa shape index (κ1) is 18.3. The van der Waals surface area contributed by atoms with E-state index in [1.54, 1.807) is 0 Å². The first-order chi connectivity index (χ1) is 10.5. The van der Waals surface area contributed by atoms with Gasteiger partial charge in [0.25, 0.3) is 0 Å². The molecule has 0 aromatic rings. The molecule has 2 aliphatic heterocycles. The summed E-state index contributed by atoms with van der Waals surface area (Å²) in [6.07, 6.45) is 8.93. The van der Waals surface area contributed by atoms with Crippen LogP contribution in [-0.4, -0.2) is 56.9 Å². The lowest BCUT2D eigenvalue weighted by Gasteiger charge is -2.41. The van der Waals surface area contributed by atoms with E-state index in [4.69, 9.17) is 7.85 Å². The van der Waals surface area contributed by atoms with Crippen molar-refractivity contribution in [3.05, 3.63) is 0 Å². The molecule has 2 saturated heterocycles. The first-order valence-electron chi connectivity index (χ1n) is 9.64. The molecule has 0 spiro atoms. The summed E-state index contributed by atoms with van der Waals surface area (Å²) in [7, 11) is 5.58. The Morgan fingerprint density at radius 2 is 1.45 bits per heavy atom. The zero-order valence-corrected chi connectivity index (χ0v) is 15.3. The van der Waals surface area contributed by atoms with Crippen LogP contribution in [0.5, 0.6) is 0 Å². The van der Waals surface area contributed by atoms with Crippen molar-refractivity contribution < 1.29 is 0 Å². The van der Waals surface area contributed by atoms with Crippen LogP contribution in [0.25, 0.3) is 0 Å². The van der Waals surface area contributed by atoms with Crippen molar-refractivity contribution in [3.8, 4) is 0 Å². The van der Waals surface area contributed by atoms with Crippen LogP contribution in [0.2, 0.25) is 6.32 Å². The van der Waals surface area contributed by atoms with Gasteiger partial charge in [-0.1, -0.05) is 33.5 Å². The van der Waals surface area contributed by atoms with E-state index in [9.17, 15) is 0 Å². The van der Waals surface area contributed by atoms with Crippen LogP contribution in [0, 0.1) is 17.3 Å². The Hall–Kier alpha value is -0.0151. The maximum absolute atomic E-state index is 5.58. The largest absolute Gasteiger partial charge is 0.303 e. The Bertz CT molecular complexity index is 297. The third-order valence-electron chi connectivity index (χ3n) is 5.96. The molecule has 3 heteroatoms. The lowest BCUT2D eigenvalue weighted by atomic mass is 9.75. The van der Waals surface area contributed by atoms with Gasteiger partial charge in [-0.3, -0.25) is 0 Å². The molecule has 0 aromatic carbocycles. The number of unbranched alkanes of at least 4 members (excludes halogenated alkanes) is 1. The molecule has 0 amide bonds. The van der Waals surface area contributed by atoms with Crippen LogP contribution in [0.15, 0.2) is 0 Å². The quantitative estimate of drug-likeness (QED) is 0.543. The number of hydrogen-bond donors (Lipinski definition) is 0. The zero-order valence-electron chi connectivity index (χ0n) is 15.3. The van der Waals surface area contributed by atoms with Gasteiger partial charge in [0.2, 0.25) is 0 Å². The Balaban J connectivity index is 1.61. The SMILES string of the molecule is [B]CCCCN1CCC(CN2CCC(C(C)(C)C)CC2)CC1. The molecule has 2 heterocycles. The molecule has 22 heavy (non-hydrogen) atoms. The molecular formula is C19H37BN2. The number of hydrogen-bond acceptors (Lipinski definition) is 2. The number of piperidine rings is 2. The Morgan fingerprint density at radius 1 is 0.864 bits per heavy atom. The summed E-state index contributed by atoms with van der Waals surface area (Å²) in [6.45, 7) is 15.1. The van der Waals surface area contributed by atoms with E-state index in [-0.39, 0.29) is 0 Å². The van der Waals surface area contributed by atoms with Crippen LogP contribution in [-0.2, 0) is 0 Å². The van der Waals surface area contributed by atoms with Gasteiger partial charge in [0, 0.05) is 6.54 Å². The van der Waals surface area contributed by atoms with Crippen LogP contribution in [0.4, 0.5) is 0 Å². The lowest BCUT2D eigenvalue weighted by molar-refractivity contribution is 0.0844. The fraction of sp³-hybridized carbons (Fsp3) is 1.00. The van der Waals surface area contributed by atoms with Crippen LogP contribution in [0.3, 0.4) is 0 Å². The van der Waals surface area contributed by atoms with E-state index >= 15 is 0 Å². The van der Waals surface area contributed by atoms with Crippen molar-refractivity contribution >= 4 is 7.85 Å². The molecule has 2 nitrogen and oxygen atoms in total. The van der Waals surface area contributed by atoms with E-state index in [1.807, 2.05) is 0 Å². The van der Waals surface area contributed by atoms with Crippen LogP contribution < -0.4 is 0 Å². The Morgan fingerprint density at radius 3 is 2.00 bits per heavy atom. The van der Waals surface area contributed by atoms with Crippen molar-refractivity contribution in [2.24, 2.45) is 17.3 Å². The molecule has 0 unspecified atom stereocenters. The molecule has 0 N–H and O–H groups in total. The molecule has 2 aliphatic rings. The van der Waals surface area contributed by atoms with Gasteiger partial charge in [-0.05, 0) is 82.1 Å². The zero-order chi connectivity index (χ0) is 16.0. The molecule has 0 atom stereocenters. The smallest absolute Gasteiger partial charge is 0.0653 e. The second-order valence-corrected chi connectivity index (χ2v) is 8.72. The van der Waals surface area contributed by atoms with E-state index in [0.717, 1.165) is 18.2 Å². The van der Waals surface area contributed by atoms with Crippen molar-refractivity contribution in [2.75, 3.05) is 39.3 Å². The highest BCUT2D eigenvalue weighted by Crippen LogP contribution is 2.34. The molecule has 2 radical (unpaired) electrons. The van der Waals surface area contributed by atoms with Gasteiger partial charge in [-0.15, -0.1) is 0 Å². The van der Waals surface area contributed by atoms with Crippen LogP contribution in [0.1, 0.15) is 59.3 Å². The van der Waals surface area contributed by atoms with Crippen molar-refractivity contribution in [3.63, 3.8) is 0 Å². The van der Waals surface area contributed by atoms with E-state index in [2.05, 4.69) is 30.6 Å². The minimum absolute atomic E-state index is 0.501. The van der Waals surface area contributed by atoms with Gasteiger partial charge in [0.15, 0.2) is 0 Å². The van der Waals surface area contributed by atoms with Crippen molar-refractivity contribution in [2.45, 2.75) is 65.6 Å². The third-order valence-corrected chi connectivity index (χ3v) is 5.96. The molecule has 0 saturated carbocycles. The normalized spacial score (nSPS) is 24.0. The average Bonchev–Trinajstić information content (AvgIpc) is 2.49. The van der Waals surface area contributed by atoms with Gasteiger partial charge < -0.3 is 9.80 Å². The summed E-state index contributed by atoms with van der Waals surface area (Å²) < 4.78 is 0. The summed E-state index contributed by atoms with van der Waals surface area (Å²) >= 11 is 0. The average molecular weight is 304 g/mol. The highest BCUT2D eigenvalue weighted by atomic mass is 15.2. The standard InChI is InChI=1S/C19H37BN2/c1-19(2,3)18-8-14-22(15-9-18)16-17-6-12-21(13-7-17)11-5-4-10-20/h17-18H,4-16H2,1-3H3. The maximum Gasteiger partial charge on any atom is 0.0653 e. The highest BCUT2D eigenvalue weighted by Gasteiger charge is 2.30. The van der Waals surface area contributed by atoms with Gasteiger partial charge in [-0.2, -0.15) is 0 Å². The Kier molecular flexibility index (Phi) is 7.27. The van der Waals surface area contributed by atoms with Gasteiger partial charge in [-0.25, -0.2) is 0 Å². The number of rotatable bonds is 6. The fourth-order valence-electron chi connectivity index (χ4n) is 4.22. The second kappa shape index (κ2) is 8.73. The third kappa shape index (κ3) is 5.89. The summed E-state index contributed by atoms with van der Waals surface area (Å²) in [4.78, 5) is 5.40. The van der Waals surface area contributed by atoms with E-state index in [0.29, 0.717) is 5.41 Å². The predicted octanol–water partition coefficient (Wildman–Crippen LogP) is 3.82. The van der Waals surface area contributed by atoms with Gasteiger partial charge in [0.05, 0.1) is 7.85 Å². The molecule has 2 rings (SSSR count). The molecule has 0 aromatic heterocycles. The number of likely N-dealkylation sites (tertiary alicyclic amines) is 2. The molecule has 0 aliphatic carbocycles. The van der Waals surface area contributed by atoms with E-state index in [1.165, 1.54) is 77.8 Å². The highest BCUT2D eigenvalue weighted by molar-refractivity contribution is 6.08. The number of nitrogens with zero attached hydrogens (tertiary/aromatic N) is 2. The van der Waals surface area contributed by atoms with Crippen LogP contribution >= 0.6 is 0 Å². The van der Waals surface area contributed by atoms with Gasteiger partial charge >= 0.3 is 0 Å². The summed E-state index contributed by atoms with van der Waals surface area (Å²) in [6, 6.07) is 0. The topological polar surface area (TPSA) is 6.48 Å². The first-order valence-corrected chi connectivity index (χ1v) is 9.64. The predicted molar refractivity (Wildman–Crippen MR) is 97.6 cm³/mol. The molecule has 2 fully saturated rings. The maximum atomic E-state index is 5.58. The fourth-order valence-corrected chi connectivity index (χ4v) is 4.22. The van der Waals surface area contributed by atoms with Gasteiger partial charge in [0.1, 0.15) is 0 Å². The Labute approximate surface area is 140 Å². The minimum atomic E-state index is 0.501. The minimum Gasteiger partial charge on any atom is -0.303 e. The molecule has 126 valence electrons. The second-order valence-electron chi connectivity index (χ2n) is 8.72. The monoisotopic (exact) mass is 304 g/mol. The molecular weight excluding hydrogens is 267 g/mol. The summed E-state index contributed by atoms with van der Waals surface area (Å²) in [5, 5.41) is 0. The summed E-state index contributed by atoms with van der Waals surface area (Å²) in [5.41, 5.74) is 0.501. The van der Waals surface area contributed by atoms with Crippen molar-refractivity contribution in [1.82, 2.24) is 9.80 Å². The van der Waals surface area contributed by atoms with Crippen molar-refractivity contribution in [1.29, 1.82) is 0 Å². The summed E-state index contributed by atoms with van der Waals surface area (Å²) in [5.74, 6) is 1.87. The lowest BCUT2D eigenvalue weighted by Crippen LogP contribution is -2.43. The molecule has 0 bridgehead atoms.